The third kappa shape index (κ3) is 2.32. The van der Waals surface area contributed by atoms with Crippen LogP contribution < -0.4 is 5.56 Å². The molecule has 0 fully saturated rings. The molecular weight excluding hydrogens is 281 g/mol. The first-order valence-corrected chi connectivity index (χ1v) is 7.39. The van der Waals surface area contributed by atoms with E-state index in [0.717, 1.165) is 28.8 Å². The summed E-state index contributed by atoms with van der Waals surface area (Å²) in [6.07, 6.45) is 0.952. The monoisotopic (exact) mass is 299 g/mol. The second kappa shape index (κ2) is 5.40. The van der Waals surface area contributed by atoms with Gasteiger partial charge in [-0.15, -0.1) is 0 Å². The predicted octanol–water partition coefficient (Wildman–Crippen LogP) is 3.67. The first-order chi connectivity index (χ1) is 10.5. The zero-order valence-corrected chi connectivity index (χ0v) is 12.9. The van der Waals surface area contributed by atoms with E-state index in [1.54, 1.807) is 22.9 Å². The molecule has 1 atom stereocenters. The topological polar surface area (TPSA) is 50.7 Å². The highest BCUT2D eigenvalue weighted by molar-refractivity contribution is 5.83. The van der Waals surface area contributed by atoms with Crippen LogP contribution in [0, 0.1) is 12.7 Å². The van der Waals surface area contributed by atoms with E-state index in [1.807, 2.05) is 6.92 Å². The largest absolute Gasteiger partial charge is 0.306 e. The van der Waals surface area contributed by atoms with Gasteiger partial charge in [-0.3, -0.25) is 4.79 Å². The lowest BCUT2D eigenvalue weighted by Crippen LogP contribution is -2.07. The van der Waals surface area contributed by atoms with Gasteiger partial charge in [0.05, 0.1) is 11.4 Å². The first-order valence-electron chi connectivity index (χ1n) is 7.39. The van der Waals surface area contributed by atoms with E-state index in [9.17, 15) is 9.18 Å². The van der Waals surface area contributed by atoms with Crippen molar-refractivity contribution in [3.05, 3.63) is 57.8 Å². The van der Waals surface area contributed by atoms with Crippen molar-refractivity contribution in [1.29, 1.82) is 0 Å². The Bertz CT molecular complexity index is 877. The van der Waals surface area contributed by atoms with Crippen molar-refractivity contribution in [2.45, 2.75) is 33.1 Å². The van der Waals surface area contributed by atoms with Crippen LogP contribution in [0.4, 0.5) is 4.39 Å². The summed E-state index contributed by atoms with van der Waals surface area (Å²) in [5, 5.41) is 5.66. The number of halogens is 1. The number of nitrogens with one attached hydrogen (secondary N) is 1. The van der Waals surface area contributed by atoms with Gasteiger partial charge >= 0.3 is 0 Å². The van der Waals surface area contributed by atoms with Crippen molar-refractivity contribution in [3.63, 3.8) is 0 Å². The van der Waals surface area contributed by atoms with Gasteiger partial charge in [0.15, 0.2) is 0 Å². The second-order valence-electron chi connectivity index (χ2n) is 5.62. The van der Waals surface area contributed by atoms with Gasteiger partial charge in [0, 0.05) is 17.4 Å². The normalized spacial score (nSPS) is 12.7. The highest BCUT2D eigenvalue weighted by atomic mass is 19.1. The Morgan fingerprint density at radius 3 is 2.64 bits per heavy atom. The van der Waals surface area contributed by atoms with Crippen molar-refractivity contribution in [1.82, 2.24) is 14.8 Å². The van der Waals surface area contributed by atoms with E-state index >= 15 is 0 Å². The van der Waals surface area contributed by atoms with E-state index in [1.165, 1.54) is 12.1 Å². The molecule has 114 valence electrons. The minimum Gasteiger partial charge on any atom is -0.306 e. The molecule has 0 saturated carbocycles. The molecule has 0 aliphatic carbocycles. The van der Waals surface area contributed by atoms with Crippen LogP contribution in [0.5, 0.6) is 0 Å². The van der Waals surface area contributed by atoms with Gasteiger partial charge in [0.25, 0.3) is 0 Å². The summed E-state index contributed by atoms with van der Waals surface area (Å²) < 4.78 is 14.8. The molecule has 0 aliphatic heterocycles. The zero-order chi connectivity index (χ0) is 15.9. The summed E-state index contributed by atoms with van der Waals surface area (Å²) in [4.78, 5) is 14.7. The number of aromatic nitrogens is 3. The molecule has 3 rings (SSSR count). The average molecular weight is 299 g/mol. The van der Waals surface area contributed by atoms with Crippen LogP contribution in [0.15, 0.2) is 35.1 Å². The average Bonchev–Trinajstić information content (AvgIpc) is 2.87. The summed E-state index contributed by atoms with van der Waals surface area (Å²) >= 11 is 0. The number of H-pyrrole nitrogens is 1. The number of fused-ring (bicyclic) bond motifs is 1. The first kappa shape index (κ1) is 14.5. The van der Waals surface area contributed by atoms with Gasteiger partial charge in [0.2, 0.25) is 5.56 Å². The summed E-state index contributed by atoms with van der Waals surface area (Å²) in [5.41, 5.74) is 3.08. The lowest BCUT2D eigenvalue weighted by molar-refractivity contribution is 0.626. The SMILES string of the molecule is CCC(C)c1nn(-c2ccc(F)cc2)c2[nH]c(=O)cc(C)c12. The third-order valence-corrected chi connectivity index (χ3v) is 4.05. The highest BCUT2D eigenvalue weighted by Crippen LogP contribution is 2.29. The maximum absolute atomic E-state index is 13.1. The van der Waals surface area contributed by atoms with E-state index in [-0.39, 0.29) is 17.3 Å². The number of hydrogen-bond acceptors (Lipinski definition) is 2. The molecule has 2 heterocycles. The molecule has 0 bridgehead atoms. The molecule has 3 aromatic rings. The van der Waals surface area contributed by atoms with Gasteiger partial charge < -0.3 is 4.98 Å². The molecule has 0 radical (unpaired) electrons. The van der Waals surface area contributed by atoms with Crippen LogP contribution in [-0.4, -0.2) is 14.8 Å². The van der Waals surface area contributed by atoms with Crippen LogP contribution in [0.1, 0.15) is 37.4 Å². The van der Waals surface area contributed by atoms with Crippen LogP contribution in [0.2, 0.25) is 0 Å². The molecular formula is C17H18FN3O. The van der Waals surface area contributed by atoms with Crippen molar-refractivity contribution in [2.24, 2.45) is 0 Å². The number of aromatic amines is 1. The number of hydrogen-bond donors (Lipinski definition) is 1. The zero-order valence-electron chi connectivity index (χ0n) is 12.9. The summed E-state index contributed by atoms with van der Waals surface area (Å²) in [7, 11) is 0. The summed E-state index contributed by atoms with van der Waals surface area (Å²) in [6.45, 7) is 6.13. The van der Waals surface area contributed by atoms with Gasteiger partial charge in [0.1, 0.15) is 11.5 Å². The fourth-order valence-corrected chi connectivity index (χ4v) is 2.67. The molecule has 4 nitrogen and oxygen atoms in total. The minimum atomic E-state index is -0.299. The molecule has 2 aromatic heterocycles. The Kier molecular flexibility index (Phi) is 3.56. The van der Waals surface area contributed by atoms with E-state index < -0.39 is 0 Å². The maximum Gasteiger partial charge on any atom is 0.249 e. The third-order valence-electron chi connectivity index (χ3n) is 4.05. The number of rotatable bonds is 3. The Hall–Kier alpha value is -2.43. The van der Waals surface area contributed by atoms with Crippen LogP contribution in [0.3, 0.4) is 0 Å². The summed E-state index contributed by atoms with van der Waals surface area (Å²) in [5.74, 6) is -0.0270. The molecule has 5 heteroatoms. The number of aryl methyl sites for hydroxylation is 1. The Morgan fingerprint density at radius 1 is 1.32 bits per heavy atom. The fraction of sp³-hybridized carbons (Fsp3) is 0.294. The van der Waals surface area contributed by atoms with Crippen LogP contribution >= 0.6 is 0 Å². The predicted molar refractivity (Wildman–Crippen MR) is 85.1 cm³/mol. The minimum absolute atomic E-state index is 0.163. The lowest BCUT2D eigenvalue weighted by atomic mass is 10.0. The van der Waals surface area contributed by atoms with Crippen molar-refractivity contribution < 1.29 is 4.39 Å². The van der Waals surface area contributed by atoms with Crippen LogP contribution in [-0.2, 0) is 0 Å². The number of benzene rings is 1. The number of pyridine rings is 1. The van der Waals surface area contributed by atoms with Crippen molar-refractivity contribution in [3.8, 4) is 5.69 Å². The van der Waals surface area contributed by atoms with Crippen LogP contribution in [0.25, 0.3) is 16.7 Å². The van der Waals surface area contributed by atoms with Gasteiger partial charge in [-0.1, -0.05) is 13.8 Å². The molecule has 22 heavy (non-hydrogen) atoms. The van der Waals surface area contributed by atoms with Gasteiger partial charge in [-0.2, -0.15) is 5.10 Å². The second-order valence-corrected chi connectivity index (χ2v) is 5.62. The van der Waals surface area contributed by atoms with Gasteiger partial charge in [-0.05, 0) is 43.2 Å². The molecule has 0 amide bonds. The van der Waals surface area contributed by atoms with E-state index in [4.69, 9.17) is 0 Å². The lowest BCUT2D eigenvalue weighted by Gasteiger charge is -2.05. The molecule has 1 aromatic carbocycles. The van der Waals surface area contributed by atoms with Crippen molar-refractivity contribution in [2.75, 3.05) is 0 Å². The van der Waals surface area contributed by atoms with Crippen molar-refractivity contribution >= 4 is 11.0 Å². The standard InChI is InChI=1S/C17H18FN3O/c1-4-10(2)16-15-11(3)9-14(22)19-17(15)21(20-16)13-7-5-12(18)6-8-13/h5-10H,4H2,1-3H3,(H,19,22). The molecule has 0 spiro atoms. The fourth-order valence-electron chi connectivity index (χ4n) is 2.67. The Morgan fingerprint density at radius 2 is 2.00 bits per heavy atom. The maximum atomic E-state index is 13.1. The highest BCUT2D eigenvalue weighted by Gasteiger charge is 2.18. The molecule has 0 saturated heterocycles. The Balaban J connectivity index is 2.35. The van der Waals surface area contributed by atoms with Gasteiger partial charge in [-0.25, -0.2) is 9.07 Å². The molecule has 0 aliphatic rings. The Labute approximate surface area is 127 Å². The van der Waals surface area contributed by atoms with E-state index in [0.29, 0.717) is 5.65 Å². The summed E-state index contributed by atoms with van der Waals surface area (Å²) in [6, 6.07) is 7.68. The van der Waals surface area contributed by atoms with E-state index in [2.05, 4.69) is 23.9 Å². The molecule has 1 unspecified atom stereocenters. The smallest absolute Gasteiger partial charge is 0.249 e. The molecule has 1 N–H and O–H groups in total. The quantitative estimate of drug-likeness (QED) is 0.802. The number of nitrogens with zero attached hydrogens (tertiary/aromatic N) is 2.